The fourth-order valence-electron chi connectivity index (χ4n) is 3.21. The zero-order chi connectivity index (χ0) is 10.7. The van der Waals surface area contributed by atoms with Crippen molar-refractivity contribution < 1.29 is 5.11 Å². The monoisotopic (exact) mass is 210 g/mol. The van der Waals surface area contributed by atoms with E-state index in [1.54, 1.807) is 0 Å². The fourth-order valence-corrected chi connectivity index (χ4v) is 3.21. The summed E-state index contributed by atoms with van der Waals surface area (Å²) >= 11 is 0. The summed E-state index contributed by atoms with van der Waals surface area (Å²) in [6, 6.07) is 1.14. The Morgan fingerprint density at radius 2 is 1.87 bits per heavy atom. The lowest BCUT2D eigenvalue weighted by Crippen LogP contribution is -2.28. The maximum absolute atomic E-state index is 10.2. The molecule has 0 heterocycles. The van der Waals surface area contributed by atoms with Crippen molar-refractivity contribution in [3.05, 3.63) is 6.04 Å². The predicted octanol–water partition coefficient (Wildman–Crippen LogP) is 2.61. The molecule has 0 aromatic rings. The summed E-state index contributed by atoms with van der Waals surface area (Å²) in [5, 5.41) is 10.2. The molecule has 2 aliphatic rings. The van der Waals surface area contributed by atoms with Gasteiger partial charge in [0.15, 0.2) is 0 Å². The number of rotatable bonds is 3. The lowest BCUT2D eigenvalue weighted by atomic mass is 9.81. The molecule has 2 aliphatic carbocycles. The Hall–Kier alpha value is -0.0800. The van der Waals surface area contributed by atoms with Crippen LogP contribution in [0.2, 0.25) is 0 Å². The van der Waals surface area contributed by atoms with E-state index < -0.39 is 0 Å². The lowest BCUT2D eigenvalue weighted by Gasteiger charge is -2.29. The normalized spacial score (nSPS) is 32.0. The molecule has 2 atom stereocenters. The molecule has 0 aliphatic heterocycles. The van der Waals surface area contributed by atoms with E-state index in [9.17, 15) is 5.11 Å². The number of aliphatic hydroxyl groups is 1. The van der Waals surface area contributed by atoms with Crippen LogP contribution in [0.4, 0.5) is 0 Å². The van der Waals surface area contributed by atoms with Gasteiger partial charge >= 0.3 is 0 Å². The molecular formula is C13H24NO. The molecule has 0 aromatic carbocycles. The third kappa shape index (κ3) is 2.94. The van der Waals surface area contributed by atoms with Crippen molar-refractivity contribution in [2.45, 2.75) is 63.9 Å². The van der Waals surface area contributed by atoms with Crippen molar-refractivity contribution in [2.24, 2.45) is 17.6 Å². The molecule has 0 spiro atoms. The number of hydrogen-bond acceptors (Lipinski definition) is 2. The zero-order valence-electron chi connectivity index (χ0n) is 9.62. The molecule has 0 amide bonds. The summed E-state index contributed by atoms with van der Waals surface area (Å²) in [6.45, 7) is 0. The van der Waals surface area contributed by atoms with Gasteiger partial charge in [0.1, 0.15) is 0 Å². The van der Waals surface area contributed by atoms with Crippen LogP contribution < -0.4 is 5.73 Å². The van der Waals surface area contributed by atoms with Gasteiger partial charge in [0, 0.05) is 6.04 Å². The topological polar surface area (TPSA) is 46.2 Å². The molecule has 0 bridgehead atoms. The Bertz CT molecular complexity index is 189. The fraction of sp³-hybridized carbons (Fsp3) is 0.923. The van der Waals surface area contributed by atoms with Gasteiger partial charge < -0.3 is 10.8 Å². The van der Waals surface area contributed by atoms with Crippen LogP contribution in [0, 0.1) is 17.9 Å². The van der Waals surface area contributed by atoms with E-state index in [4.69, 9.17) is 5.73 Å². The Labute approximate surface area is 93.2 Å². The first-order valence-corrected chi connectivity index (χ1v) is 6.56. The van der Waals surface area contributed by atoms with Crippen LogP contribution in [0.3, 0.4) is 0 Å². The second-order valence-electron chi connectivity index (χ2n) is 5.37. The minimum atomic E-state index is -0.0908. The lowest BCUT2D eigenvalue weighted by molar-refractivity contribution is 0.0647. The van der Waals surface area contributed by atoms with E-state index in [0.717, 1.165) is 18.9 Å². The molecule has 2 nitrogen and oxygen atoms in total. The molecule has 2 heteroatoms. The van der Waals surface area contributed by atoms with Gasteiger partial charge in [0.2, 0.25) is 0 Å². The Morgan fingerprint density at radius 1 is 1.13 bits per heavy atom. The van der Waals surface area contributed by atoms with Gasteiger partial charge in [-0.05, 0) is 43.9 Å². The van der Waals surface area contributed by atoms with Crippen LogP contribution in [0.1, 0.15) is 57.8 Å². The molecule has 87 valence electrons. The summed E-state index contributed by atoms with van der Waals surface area (Å²) in [5.74, 6) is 1.08. The van der Waals surface area contributed by atoms with E-state index >= 15 is 0 Å². The molecule has 0 saturated heterocycles. The van der Waals surface area contributed by atoms with E-state index in [-0.39, 0.29) is 6.10 Å². The Balaban J connectivity index is 1.77. The minimum absolute atomic E-state index is 0.0908. The van der Waals surface area contributed by atoms with E-state index in [1.807, 2.05) is 0 Å². The number of nitrogens with two attached hydrogens (primary N) is 1. The van der Waals surface area contributed by atoms with Gasteiger partial charge in [-0.2, -0.15) is 0 Å². The van der Waals surface area contributed by atoms with Crippen LogP contribution in [0.15, 0.2) is 0 Å². The highest BCUT2D eigenvalue weighted by molar-refractivity contribution is 4.97. The standard InChI is InChI=1S/C13H24NO/c14-12-8-4-7-11(12)9-13(15)10-5-2-1-3-6-10/h10-11,13,15H,1-9,14H2. The third-order valence-corrected chi connectivity index (χ3v) is 4.26. The average molecular weight is 210 g/mol. The van der Waals surface area contributed by atoms with Crippen LogP contribution in [0.5, 0.6) is 0 Å². The van der Waals surface area contributed by atoms with Gasteiger partial charge in [0.05, 0.1) is 6.10 Å². The molecule has 1 radical (unpaired) electrons. The molecule has 0 aromatic heterocycles. The van der Waals surface area contributed by atoms with Gasteiger partial charge in [0.25, 0.3) is 0 Å². The first kappa shape index (κ1) is 11.4. The summed E-state index contributed by atoms with van der Waals surface area (Å²) in [5.41, 5.74) is 5.96. The van der Waals surface area contributed by atoms with Crippen LogP contribution in [-0.2, 0) is 0 Å². The second-order valence-corrected chi connectivity index (χ2v) is 5.37. The number of aliphatic hydroxyl groups excluding tert-OH is 1. The van der Waals surface area contributed by atoms with Gasteiger partial charge in [-0.25, -0.2) is 0 Å². The first-order chi connectivity index (χ1) is 7.27. The highest BCUT2D eigenvalue weighted by atomic mass is 16.3. The molecule has 15 heavy (non-hydrogen) atoms. The molecule has 3 N–H and O–H groups in total. The SMILES string of the molecule is N[C]1CCCC1CC(O)C1CCCCC1. The molecule has 2 saturated carbocycles. The predicted molar refractivity (Wildman–Crippen MR) is 62.0 cm³/mol. The van der Waals surface area contributed by atoms with Crippen molar-refractivity contribution >= 4 is 0 Å². The molecule has 2 unspecified atom stereocenters. The summed E-state index contributed by atoms with van der Waals surface area (Å²) in [6.07, 6.45) is 10.8. The molecule has 2 fully saturated rings. The highest BCUT2D eigenvalue weighted by Crippen LogP contribution is 2.36. The summed E-state index contributed by atoms with van der Waals surface area (Å²) < 4.78 is 0. The van der Waals surface area contributed by atoms with Gasteiger partial charge in [-0.3, -0.25) is 0 Å². The Morgan fingerprint density at radius 3 is 2.47 bits per heavy atom. The largest absolute Gasteiger partial charge is 0.393 e. The van der Waals surface area contributed by atoms with E-state index in [2.05, 4.69) is 0 Å². The average Bonchev–Trinajstić information content (AvgIpc) is 2.66. The second kappa shape index (κ2) is 5.31. The highest BCUT2D eigenvalue weighted by Gasteiger charge is 2.30. The summed E-state index contributed by atoms with van der Waals surface area (Å²) in [4.78, 5) is 0. The van der Waals surface area contributed by atoms with Crippen LogP contribution in [0.25, 0.3) is 0 Å². The smallest absolute Gasteiger partial charge is 0.0571 e. The van der Waals surface area contributed by atoms with Gasteiger partial charge in [-0.15, -0.1) is 0 Å². The van der Waals surface area contributed by atoms with Gasteiger partial charge in [-0.1, -0.05) is 25.7 Å². The van der Waals surface area contributed by atoms with Crippen molar-refractivity contribution in [1.29, 1.82) is 0 Å². The summed E-state index contributed by atoms with van der Waals surface area (Å²) in [7, 11) is 0. The third-order valence-electron chi connectivity index (χ3n) is 4.26. The van der Waals surface area contributed by atoms with Crippen molar-refractivity contribution in [3.63, 3.8) is 0 Å². The van der Waals surface area contributed by atoms with Crippen LogP contribution in [-0.4, -0.2) is 11.2 Å². The van der Waals surface area contributed by atoms with Crippen molar-refractivity contribution in [2.75, 3.05) is 0 Å². The van der Waals surface area contributed by atoms with Crippen LogP contribution >= 0.6 is 0 Å². The number of hydrogen-bond donors (Lipinski definition) is 2. The maximum Gasteiger partial charge on any atom is 0.0571 e. The molecule has 2 rings (SSSR count). The van der Waals surface area contributed by atoms with E-state index in [1.165, 1.54) is 44.9 Å². The van der Waals surface area contributed by atoms with Crippen molar-refractivity contribution in [1.82, 2.24) is 0 Å². The zero-order valence-corrected chi connectivity index (χ0v) is 9.62. The van der Waals surface area contributed by atoms with Crippen molar-refractivity contribution in [3.8, 4) is 0 Å². The minimum Gasteiger partial charge on any atom is -0.393 e. The quantitative estimate of drug-likeness (QED) is 0.752. The molecular weight excluding hydrogens is 186 g/mol. The maximum atomic E-state index is 10.2. The first-order valence-electron chi connectivity index (χ1n) is 6.56. The Kier molecular flexibility index (Phi) is 4.04. The van der Waals surface area contributed by atoms with E-state index in [0.29, 0.717) is 11.8 Å².